The molecule has 1 unspecified atom stereocenters. The Labute approximate surface area is 93.0 Å². The van der Waals surface area contributed by atoms with Crippen LogP contribution in [0.5, 0.6) is 0 Å². The zero-order valence-corrected chi connectivity index (χ0v) is 9.25. The van der Waals surface area contributed by atoms with E-state index in [1.165, 1.54) is 6.92 Å². The lowest BCUT2D eigenvalue weighted by Crippen LogP contribution is -2.20. The van der Waals surface area contributed by atoms with E-state index < -0.39 is 17.3 Å². The third kappa shape index (κ3) is 3.06. The van der Waals surface area contributed by atoms with Crippen molar-refractivity contribution in [2.45, 2.75) is 19.4 Å². The summed E-state index contributed by atoms with van der Waals surface area (Å²) in [7, 11) is 0. The van der Waals surface area contributed by atoms with Gasteiger partial charge in [-0.2, -0.15) is 0 Å². The van der Waals surface area contributed by atoms with Gasteiger partial charge in [0.1, 0.15) is 0 Å². The van der Waals surface area contributed by atoms with Gasteiger partial charge in [-0.3, -0.25) is 4.79 Å². The van der Waals surface area contributed by atoms with Crippen LogP contribution in [0.2, 0.25) is 0 Å². The summed E-state index contributed by atoms with van der Waals surface area (Å²) in [6, 6.07) is 6.95. The fourth-order valence-corrected chi connectivity index (χ4v) is 1.12. The fraction of sp³-hybridized carbons (Fsp3) is 0.273. The molecule has 0 radical (unpaired) electrons. The van der Waals surface area contributed by atoms with Crippen molar-refractivity contribution in [1.29, 1.82) is 0 Å². The number of hydrogen-bond acceptors (Lipinski definition) is 3. The van der Waals surface area contributed by atoms with E-state index in [0.717, 1.165) is 5.56 Å². The van der Waals surface area contributed by atoms with E-state index in [1.54, 1.807) is 25.1 Å². The average molecular weight is 227 g/mol. The molecule has 1 atom stereocenters. The van der Waals surface area contributed by atoms with E-state index in [-0.39, 0.29) is 0 Å². The molecule has 1 aromatic carbocycles. The van der Waals surface area contributed by atoms with E-state index in [4.69, 9.17) is 16.3 Å². The number of benzene rings is 1. The second-order valence-electron chi connectivity index (χ2n) is 3.15. The molecule has 0 N–H and O–H groups in total. The Morgan fingerprint density at radius 2 is 1.93 bits per heavy atom. The predicted molar refractivity (Wildman–Crippen MR) is 56.9 cm³/mol. The normalized spacial score (nSPS) is 11.9. The van der Waals surface area contributed by atoms with Crippen LogP contribution >= 0.6 is 11.6 Å². The Hall–Kier alpha value is -1.35. The van der Waals surface area contributed by atoms with E-state index >= 15 is 0 Å². The van der Waals surface area contributed by atoms with Gasteiger partial charge in [-0.15, -0.1) is 0 Å². The molecule has 0 aliphatic rings. The molecule has 0 heterocycles. The zero-order valence-electron chi connectivity index (χ0n) is 8.49. The first-order chi connectivity index (χ1) is 7.02. The maximum Gasteiger partial charge on any atom is 0.340 e. The Kier molecular flexibility index (Phi) is 3.86. The molecule has 4 heteroatoms. The minimum Gasteiger partial charge on any atom is -0.435 e. The third-order valence-corrected chi connectivity index (χ3v) is 2.29. The van der Waals surface area contributed by atoms with Crippen molar-refractivity contribution in [3.8, 4) is 0 Å². The van der Waals surface area contributed by atoms with E-state index in [0.29, 0.717) is 5.56 Å². The SMILES string of the molecule is CC(=O)C(Cl)OC(=O)c1ccccc1C. The summed E-state index contributed by atoms with van der Waals surface area (Å²) in [5.74, 6) is -0.970. The van der Waals surface area contributed by atoms with Gasteiger partial charge in [0.15, 0.2) is 5.78 Å². The van der Waals surface area contributed by atoms with E-state index in [9.17, 15) is 9.59 Å². The van der Waals surface area contributed by atoms with Crippen LogP contribution in [0.15, 0.2) is 24.3 Å². The van der Waals surface area contributed by atoms with Crippen LogP contribution in [-0.2, 0) is 9.53 Å². The number of alkyl halides is 1. The first-order valence-electron chi connectivity index (χ1n) is 4.43. The number of halogens is 1. The highest BCUT2D eigenvalue weighted by molar-refractivity contribution is 6.30. The van der Waals surface area contributed by atoms with Crippen LogP contribution in [0.4, 0.5) is 0 Å². The molecule has 15 heavy (non-hydrogen) atoms. The van der Waals surface area contributed by atoms with Crippen molar-refractivity contribution in [2.75, 3.05) is 0 Å². The number of hydrogen-bond donors (Lipinski definition) is 0. The van der Waals surface area contributed by atoms with E-state index in [2.05, 4.69) is 0 Å². The second-order valence-corrected chi connectivity index (χ2v) is 3.54. The number of esters is 1. The molecule has 0 amide bonds. The van der Waals surface area contributed by atoms with Gasteiger partial charge in [0.2, 0.25) is 5.56 Å². The average Bonchev–Trinajstić information content (AvgIpc) is 2.18. The van der Waals surface area contributed by atoms with Gasteiger partial charge in [0, 0.05) is 0 Å². The van der Waals surface area contributed by atoms with Crippen molar-refractivity contribution in [2.24, 2.45) is 0 Å². The molecular formula is C11H11ClO3. The number of aryl methyl sites for hydroxylation is 1. The molecule has 0 fully saturated rings. The Bertz CT molecular complexity index is 387. The molecule has 1 aromatic rings. The molecule has 1 rings (SSSR count). The summed E-state index contributed by atoms with van der Waals surface area (Å²) in [4.78, 5) is 22.3. The molecule has 0 aliphatic carbocycles. The van der Waals surface area contributed by atoms with Crippen LogP contribution in [0.1, 0.15) is 22.8 Å². The van der Waals surface area contributed by atoms with Crippen molar-refractivity contribution in [1.82, 2.24) is 0 Å². The molecule has 0 bridgehead atoms. The highest BCUT2D eigenvalue weighted by Crippen LogP contribution is 2.11. The standard InChI is InChI=1S/C11H11ClO3/c1-7-5-3-4-6-9(7)11(14)15-10(12)8(2)13/h3-6,10H,1-2H3. The molecule has 0 saturated carbocycles. The van der Waals surface area contributed by atoms with Gasteiger partial charge in [0.25, 0.3) is 0 Å². The molecule has 0 spiro atoms. The van der Waals surface area contributed by atoms with Gasteiger partial charge >= 0.3 is 5.97 Å². The highest BCUT2D eigenvalue weighted by Gasteiger charge is 2.18. The second kappa shape index (κ2) is 4.94. The van der Waals surface area contributed by atoms with Crippen molar-refractivity contribution in [3.05, 3.63) is 35.4 Å². The van der Waals surface area contributed by atoms with Crippen molar-refractivity contribution < 1.29 is 14.3 Å². The van der Waals surface area contributed by atoms with Crippen LogP contribution in [-0.4, -0.2) is 17.3 Å². The Morgan fingerprint density at radius 1 is 1.33 bits per heavy atom. The summed E-state index contributed by atoms with van der Waals surface area (Å²) in [5.41, 5.74) is -0.00331. The molecular weight excluding hydrogens is 216 g/mol. The minimum atomic E-state index is -1.21. The quantitative estimate of drug-likeness (QED) is 0.587. The lowest BCUT2D eigenvalue weighted by atomic mass is 10.1. The van der Waals surface area contributed by atoms with Crippen molar-refractivity contribution >= 4 is 23.4 Å². The van der Waals surface area contributed by atoms with Gasteiger partial charge in [-0.05, 0) is 25.5 Å². The number of rotatable bonds is 3. The first kappa shape index (κ1) is 11.7. The van der Waals surface area contributed by atoms with Crippen molar-refractivity contribution in [3.63, 3.8) is 0 Å². The number of Topliss-reactive ketones (excluding diaryl/α,β-unsaturated/α-hetero) is 1. The summed E-state index contributed by atoms with van der Waals surface area (Å²) in [6.07, 6.45) is 0. The Balaban J connectivity index is 2.78. The minimum absolute atomic E-state index is 0.390. The first-order valence-corrected chi connectivity index (χ1v) is 4.87. The van der Waals surface area contributed by atoms with Gasteiger partial charge in [-0.25, -0.2) is 4.79 Å². The van der Waals surface area contributed by atoms with Crippen LogP contribution in [0.25, 0.3) is 0 Å². The zero-order chi connectivity index (χ0) is 11.4. The number of ether oxygens (including phenoxy) is 1. The molecule has 0 aliphatic heterocycles. The fourth-order valence-electron chi connectivity index (χ4n) is 1.04. The van der Waals surface area contributed by atoms with Crippen LogP contribution in [0, 0.1) is 6.92 Å². The van der Waals surface area contributed by atoms with Gasteiger partial charge < -0.3 is 4.74 Å². The smallest absolute Gasteiger partial charge is 0.340 e. The topological polar surface area (TPSA) is 43.4 Å². The van der Waals surface area contributed by atoms with Crippen LogP contribution in [0.3, 0.4) is 0 Å². The van der Waals surface area contributed by atoms with E-state index in [1.807, 2.05) is 6.07 Å². The molecule has 0 aromatic heterocycles. The highest BCUT2D eigenvalue weighted by atomic mass is 35.5. The number of ketones is 1. The summed E-state index contributed by atoms with van der Waals surface area (Å²) in [6.45, 7) is 3.05. The third-order valence-electron chi connectivity index (χ3n) is 1.90. The molecule has 3 nitrogen and oxygen atoms in total. The number of carbonyl (C=O) groups is 2. The summed E-state index contributed by atoms with van der Waals surface area (Å²) >= 11 is 5.52. The lowest BCUT2D eigenvalue weighted by molar-refractivity contribution is -0.121. The summed E-state index contributed by atoms with van der Waals surface area (Å²) in [5, 5.41) is 0. The molecule has 80 valence electrons. The summed E-state index contributed by atoms with van der Waals surface area (Å²) < 4.78 is 4.76. The van der Waals surface area contributed by atoms with Gasteiger partial charge in [-0.1, -0.05) is 29.8 Å². The monoisotopic (exact) mass is 226 g/mol. The maximum absolute atomic E-state index is 11.5. The largest absolute Gasteiger partial charge is 0.435 e. The molecule has 0 saturated heterocycles. The predicted octanol–water partition coefficient (Wildman–Crippen LogP) is 2.31. The lowest BCUT2D eigenvalue weighted by Gasteiger charge is -2.09. The Morgan fingerprint density at radius 3 is 2.47 bits per heavy atom. The maximum atomic E-state index is 11.5. The van der Waals surface area contributed by atoms with Gasteiger partial charge in [0.05, 0.1) is 5.56 Å². The number of carbonyl (C=O) groups excluding carboxylic acids is 2. The van der Waals surface area contributed by atoms with Crippen LogP contribution < -0.4 is 0 Å².